The number of hydrogen-bond donors (Lipinski definition) is 0. The Hall–Kier alpha value is 0. The molecular weight excluding hydrogens is 252 g/mol. The van der Waals surface area contributed by atoms with Crippen molar-refractivity contribution in [1.82, 2.24) is 0 Å². The zero-order valence-electron chi connectivity index (χ0n) is 14.4. The quantitative estimate of drug-likeness (QED) is 0.534. The molecule has 0 aromatic carbocycles. The maximum absolute atomic E-state index is 2.52. The molecular formula is C21H37. The summed E-state index contributed by atoms with van der Waals surface area (Å²) in [6.45, 7) is 2.36. The number of hydrogen-bond acceptors (Lipinski definition) is 0. The normalized spacial score (nSPS) is 39.3. The van der Waals surface area contributed by atoms with E-state index in [9.17, 15) is 0 Å². The van der Waals surface area contributed by atoms with Gasteiger partial charge in [0, 0.05) is 0 Å². The van der Waals surface area contributed by atoms with Crippen LogP contribution in [0.25, 0.3) is 0 Å². The van der Waals surface area contributed by atoms with Gasteiger partial charge in [-0.1, -0.05) is 32.6 Å². The second-order valence-electron chi connectivity index (χ2n) is 8.45. The standard InChI is InChI=1S/C21H37/c1-2-6-17-9-11-19(12-10-17)21-15-13-20(14-16-21)18-7-4-3-5-8-18/h3,17-21H,2,4-16H2,1H3. The van der Waals surface area contributed by atoms with E-state index in [1.807, 2.05) is 0 Å². The van der Waals surface area contributed by atoms with Crippen LogP contribution in [0.4, 0.5) is 0 Å². The lowest BCUT2D eigenvalue weighted by atomic mass is 9.65. The fourth-order valence-corrected chi connectivity index (χ4v) is 5.87. The Morgan fingerprint density at radius 2 is 1.05 bits per heavy atom. The van der Waals surface area contributed by atoms with Crippen LogP contribution in [0.3, 0.4) is 0 Å². The molecule has 0 spiro atoms. The van der Waals surface area contributed by atoms with Gasteiger partial charge in [-0.3, -0.25) is 0 Å². The van der Waals surface area contributed by atoms with Gasteiger partial charge in [0.25, 0.3) is 0 Å². The Bertz CT molecular complexity index is 272. The molecule has 0 bridgehead atoms. The van der Waals surface area contributed by atoms with Gasteiger partial charge in [0.15, 0.2) is 0 Å². The van der Waals surface area contributed by atoms with Gasteiger partial charge in [-0.25, -0.2) is 0 Å². The van der Waals surface area contributed by atoms with Crippen LogP contribution in [-0.2, 0) is 0 Å². The molecule has 0 aliphatic heterocycles. The maximum atomic E-state index is 2.52. The molecule has 0 unspecified atom stereocenters. The highest BCUT2D eigenvalue weighted by molar-refractivity contribution is 4.86. The van der Waals surface area contributed by atoms with Gasteiger partial charge in [0.1, 0.15) is 0 Å². The SMILES string of the molecule is CCCC1CCC(C2CCC(C3CC[CH]CC3)CC2)CC1. The minimum absolute atomic E-state index is 1.08. The minimum Gasteiger partial charge on any atom is -0.0654 e. The molecule has 0 heteroatoms. The van der Waals surface area contributed by atoms with Crippen LogP contribution in [0, 0.1) is 36.0 Å². The van der Waals surface area contributed by atoms with Crippen molar-refractivity contribution in [3.63, 3.8) is 0 Å². The van der Waals surface area contributed by atoms with E-state index in [-0.39, 0.29) is 0 Å². The summed E-state index contributed by atoms with van der Waals surface area (Å²) < 4.78 is 0. The predicted molar refractivity (Wildman–Crippen MR) is 92.1 cm³/mol. The van der Waals surface area contributed by atoms with E-state index in [0.717, 1.165) is 29.6 Å². The molecule has 3 rings (SSSR count). The summed E-state index contributed by atoms with van der Waals surface area (Å²) in [5.41, 5.74) is 0. The van der Waals surface area contributed by atoms with Crippen molar-refractivity contribution in [3.05, 3.63) is 6.42 Å². The molecule has 0 amide bonds. The first-order valence-corrected chi connectivity index (χ1v) is 10.2. The van der Waals surface area contributed by atoms with E-state index in [2.05, 4.69) is 13.3 Å². The minimum atomic E-state index is 1.08. The Morgan fingerprint density at radius 3 is 1.52 bits per heavy atom. The average molecular weight is 290 g/mol. The molecule has 0 N–H and O–H groups in total. The Balaban J connectivity index is 1.39. The molecule has 0 heterocycles. The molecule has 3 saturated carbocycles. The van der Waals surface area contributed by atoms with Gasteiger partial charge in [-0.05, 0) is 100 Å². The molecule has 1 radical (unpaired) electrons. The van der Waals surface area contributed by atoms with Crippen LogP contribution in [0.2, 0.25) is 0 Å². The summed E-state index contributed by atoms with van der Waals surface area (Å²) in [6, 6.07) is 0. The van der Waals surface area contributed by atoms with Crippen LogP contribution >= 0.6 is 0 Å². The van der Waals surface area contributed by atoms with Crippen molar-refractivity contribution < 1.29 is 0 Å². The van der Waals surface area contributed by atoms with E-state index in [1.54, 1.807) is 51.4 Å². The molecule has 0 aromatic rings. The lowest BCUT2D eigenvalue weighted by Gasteiger charge is -2.40. The van der Waals surface area contributed by atoms with E-state index >= 15 is 0 Å². The van der Waals surface area contributed by atoms with Gasteiger partial charge in [-0.15, -0.1) is 0 Å². The summed E-state index contributed by atoms with van der Waals surface area (Å²) in [5.74, 6) is 5.50. The summed E-state index contributed by atoms with van der Waals surface area (Å²) in [4.78, 5) is 0. The zero-order valence-corrected chi connectivity index (χ0v) is 14.4. The molecule has 0 nitrogen and oxygen atoms in total. The molecule has 21 heavy (non-hydrogen) atoms. The summed E-state index contributed by atoms with van der Waals surface area (Å²) in [5, 5.41) is 0. The highest BCUT2D eigenvalue weighted by Gasteiger charge is 2.33. The summed E-state index contributed by atoms with van der Waals surface area (Å²) in [6.07, 6.45) is 23.8. The van der Waals surface area contributed by atoms with Crippen molar-refractivity contribution in [3.8, 4) is 0 Å². The molecule has 3 aliphatic carbocycles. The van der Waals surface area contributed by atoms with Crippen LogP contribution in [0.15, 0.2) is 0 Å². The first-order valence-electron chi connectivity index (χ1n) is 10.2. The van der Waals surface area contributed by atoms with Crippen molar-refractivity contribution in [2.45, 2.75) is 96.8 Å². The highest BCUT2D eigenvalue weighted by Crippen LogP contribution is 2.45. The fraction of sp³-hybridized carbons (Fsp3) is 0.952. The smallest absolute Gasteiger partial charge is 0.0386 e. The molecule has 0 aromatic heterocycles. The fourth-order valence-electron chi connectivity index (χ4n) is 5.87. The molecule has 0 saturated heterocycles. The van der Waals surface area contributed by atoms with E-state index < -0.39 is 0 Å². The third-order valence-corrected chi connectivity index (χ3v) is 7.22. The molecule has 0 atom stereocenters. The Kier molecular flexibility index (Phi) is 6.07. The topological polar surface area (TPSA) is 0 Å². The van der Waals surface area contributed by atoms with Crippen LogP contribution in [-0.4, -0.2) is 0 Å². The summed E-state index contributed by atoms with van der Waals surface area (Å²) in [7, 11) is 0. The van der Waals surface area contributed by atoms with Crippen molar-refractivity contribution in [2.24, 2.45) is 29.6 Å². The van der Waals surface area contributed by atoms with Gasteiger partial charge in [-0.2, -0.15) is 0 Å². The van der Waals surface area contributed by atoms with Crippen molar-refractivity contribution in [2.75, 3.05) is 0 Å². The summed E-state index contributed by atoms with van der Waals surface area (Å²) >= 11 is 0. The highest BCUT2D eigenvalue weighted by atomic mass is 14.4. The van der Waals surface area contributed by atoms with Gasteiger partial charge < -0.3 is 0 Å². The zero-order chi connectivity index (χ0) is 14.5. The van der Waals surface area contributed by atoms with E-state index in [0.29, 0.717) is 0 Å². The van der Waals surface area contributed by atoms with Crippen LogP contribution in [0.1, 0.15) is 96.8 Å². The third-order valence-electron chi connectivity index (χ3n) is 7.22. The predicted octanol–water partition coefficient (Wildman–Crippen LogP) is 6.79. The van der Waals surface area contributed by atoms with E-state index in [1.165, 1.54) is 38.5 Å². The average Bonchev–Trinajstić information content (AvgIpc) is 2.57. The number of rotatable bonds is 4. The third kappa shape index (κ3) is 4.26. The van der Waals surface area contributed by atoms with Gasteiger partial charge >= 0.3 is 0 Å². The second kappa shape index (κ2) is 8.02. The van der Waals surface area contributed by atoms with Crippen molar-refractivity contribution >= 4 is 0 Å². The molecule has 3 aliphatic rings. The Labute approximate surface area is 133 Å². The first kappa shape index (κ1) is 15.9. The largest absolute Gasteiger partial charge is 0.0654 e. The lowest BCUT2D eigenvalue weighted by molar-refractivity contribution is 0.115. The molecule has 121 valence electrons. The van der Waals surface area contributed by atoms with E-state index in [4.69, 9.17) is 0 Å². The maximum Gasteiger partial charge on any atom is -0.0386 e. The monoisotopic (exact) mass is 289 g/mol. The van der Waals surface area contributed by atoms with Gasteiger partial charge in [0.2, 0.25) is 0 Å². The van der Waals surface area contributed by atoms with Crippen LogP contribution < -0.4 is 0 Å². The lowest BCUT2D eigenvalue weighted by Crippen LogP contribution is -2.29. The first-order chi connectivity index (χ1) is 10.4. The van der Waals surface area contributed by atoms with Crippen molar-refractivity contribution in [1.29, 1.82) is 0 Å². The van der Waals surface area contributed by atoms with Crippen LogP contribution in [0.5, 0.6) is 0 Å². The Morgan fingerprint density at radius 1 is 0.619 bits per heavy atom. The second-order valence-corrected chi connectivity index (χ2v) is 8.45. The molecule has 3 fully saturated rings. The van der Waals surface area contributed by atoms with Gasteiger partial charge in [0.05, 0.1) is 0 Å².